The zero-order valence-electron chi connectivity index (χ0n) is 18.8. The molecule has 0 saturated carbocycles. The highest BCUT2D eigenvalue weighted by atomic mass is 32.1. The van der Waals surface area contributed by atoms with Crippen LogP contribution in [0.15, 0.2) is 48.5 Å². The van der Waals surface area contributed by atoms with Crippen molar-refractivity contribution in [1.82, 2.24) is 15.6 Å². The fourth-order valence-corrected chi connectivity index (χ4v) is 5.07. The number of benzene rings is 2. The van der Waals surface area contributed by atoms with Crippen molar-refractivity contribution in [2.24, 2.45) is 0 Å². The van der Waals surface area contributed by atoms with Crippen LogP contribution in [0.4, 0.5) is 10.8 Å². The van der Waals surface area contributed by atoms with Crippen LogP contribution < -0.4 is 20.3 Å². The van der Waals surface area contributed by atoms with Crippen LogP contribution in [0.25, 0.3) is 0 Å². The molecule has 0 spiro atoms. The van der Waals surface area contributed by atoms with E-state index < -0.39 is 0 Å². The third-order valence-electron chi connectivity index (χ3n) is 6.13. The molecule has 1 fully saturated rings. The molecule has 2 aromatic carbocycles. The molecule has 0 amide bonds. The molecule has 1 saturated heterocycles. The van der Waals surface area contributed by atoms with Crippen LogP contribution in [-0.2, 0) is 6.54 Å². The van der Waals surface area contributed by atoms with Crippen molar-refractivity contribution in [3.8, 4) is 5.75 Å². The van der Waals surface area contributed by atoms with E-state index in [-0.39, 0.29) is 0 Å². The van der Waals surface area contributed by atoms with Gasteiger partial charge in [-0.15, -0.1) is 11.3 Å². The number of anilines is 2. The van der Waals surface area contributed by atoms with Crippen LogP contribution in [0.3, 0.4) is 0 Å². The SMILES string of the molecule is COc1ccc(N(C)c2nc(C)c(C)s2)cc1CNC1CCCNC1c1ccccc1. The van der Waals surface area contributed by atoms with E-state index in [2.05, 4.69) is 85.0 Å². The molecule has 3 aromatic rings. The molecule has 1 aliphatic rings. The standard InChI is InChI=1S/C25H32N4OS/c1-17-18(2)31-25(28-17)29(3)21-12-13-23(30-4)20(15-21)16-27-22-11-8-14-26-24(22)19-9-6-5-7-10-19/h5-7,9-10,12-13,15,22,24,26-27H,8,11,14,16H2,1-4H3. The van der Waals surface area contributed by atoms with Crippen molar-refractivity contribution in [2.75, 3.05) is 25.6 Å². The van der Waals surface area contributed by atoms with Crippen LogP contribution in [-0.4, -0.2) is 31.7 Å². The van der Waals surface area contributed by atoms with Gasteiger partial charge in [-0.1, -0.05) is 30.3 Å². The smallest absolute Gasteiger partial charge is 0.190 e. The van der Waals surface area contributed by atoms with Crippen LogP contribution in [0.2, 0.25) is 0 Å². The Labute approximate surface area is 189 Å². The van der Waals surface area contributed by atoms with Crippen molar-refractivity contribution < 1.29 is 4.74 Å². The molecule has 0 radical (unpaired) electrons. The molecular weight excluding hydrogens is 404 g/mol. The fourth-order valence-electron chi connectivity index (χ4n) is 4.18. The average molecular weight is 437 g/mol. The fraction of sp³-hybridized carbons (Fsp3) is 0.400. The van der Waals surface area contributed by atoms with Gasteiger partial charge in [0.25, 0.3) is 0 Å². The number of ether oxygens (including phenoxy) is 1. The molecule has 2 unspecified atom stereocenters. The van der Waals surface area contributed by atoms with Gasteiger partial charge >= 0.3 is 0 Å². The van der Waals surface area contributed by atoms with Gasteiger partial charge in [0.15, 0.2) is 5.13 Å². The molecule has 31 heavy (non-hydrogen) atoms. The van der Waals surface area contributed by atoms with Gasteiger partial charge in [-0.2, -0.15) is 0 Å². The third-order valence-corrected chi connectivity index (χ3v) is 7.28. The Morgan fingerprint density at radius 3 is 2.71 bits per heavy atom. The second-order valence-corrected chi connectivity index (χ2v) is 9.35. The first-order chi connectivity index (χ1) is 15.1. The Hall–Kier alpha value is -2.41. The van der Waals surface area contributed by atoms with Crippen LogP contribution >= 0.6 is 11.3 Å². The number of methoxy groups -OCH3 is 1. The molecule has 164 valence electrons. The van der Waals surface area contributed by atoms with Crippen molar-refractivity contribution in [2.45, 2.75) is 45.3 Å². The van der Waals surface area contributed by atoms with Crippen molar-refractivity contribution in [1.29, 1.82) is 0 Å². The lowest BCUT2D eigenvalue weighted by Crippen LogP contribution is -2.45. The monoisotopic (exact) mass is 436 g/mol. The molecule has 1 aromatic heterocycles. The molecule has 0 bridgehead atoms. The molecule has 6 heteroatoms. The van der Waals surface area contributed by atoms with Gasteiger partial charge in [0, 0.05) is 41.8 Å². The Morgan fingerprint density at radius 1 is 1.19 bits per heavy atom. The lowest BCUT2D eigenvalue weighted by molar-refractivity contribution is 0.303. The molecule has 2 N–H and O–H groups in total. The van der Waals surface area contributed by atoms with E-state index in [0.29, 0.717) is 12.1 Å². The van der Waals surface area contributed by atoms with Gasteiger partial charge in [-0.05, 0) is 57.0 Å². The van der Waals surface area contributed by atoms with Crippen molar-refractivity contribution in [3.05, 3.63) is 70.2 Å². The van der Waals surface area contributed by atoms with Crippen LogP contribution in [0, 0.1) is 13.8 Å². The summed E-state index contributed by atoms with van der Waals surface area (Å²) in [5.41, 5.74) is 4.72. The summed E-state index contributed by atoms with van der Waals surface area (Å²) in [5, 5.41) is 8.52. The summed E-state index contributed by atoms with van der Waals surface area (Å²) < 4.78 is 5.67. The second kappa shape index (κ2) is 9.81. The molecular formula is C25H32N4OS. The Morgan fingerprint density at radius 2 is 2.00 bits per heavy atom. The molecule has 2 atom stereocenters. The van der Waals surface area contributed by atoms with Gasteiger partial charge in [0.2, 0.25) is 0 Å². The van der Waals surface area contributed by atoms with E-state index >= 15 is 0 Å². The average Bonchev–Trinajstić information content (AvgIpc) is 3.16. The van der Waals surface area contributed by atoms with E-state index in [1.54, 1.807) is 18.4 Å². The van der Waals surface area contributed by atoms with E-state index in [1.165, 1.54) is 16.9 Å². The number of hydrogen-bond donors (Lipinski definition) is 2. The van der Waals surface area contributed by atoms with E-state index in [0.717, 1.165) is 47.3 Å². The number of hydrogen-bond acceptors (Lipinski definition) is 6. The second-order valence-electron chi connectivity index (χ2n) is 8.17. The summed E-state index contributed by atoms with van der Waals surface area (Å²) in [6.07, 6.45) is 2.34. The lowest BCUT2D eigenvalue weighted by atomic mass is 9.92. The predicted molar refractivity (Wildman–Crippen MR) is 130 cm³/mol. The summed E-state index contributed by atoms with van der Waals surface area (Å²) in [4.78, 5) is 8.12. The number of nitrogens with one attached hydrogen (secondary N) is 2. The maximum Gasteiger partial charge on any atom is 0.190 e. The summed E-state index contributed by atoms with van der Waals surface area (Å²) >= 11 is 1.73. The molecule has 1 aliphatic heterocycles. The van der Waals surface area contributed by atoms with Gasteiger partial charge in [-0.3, -0.25) is 0 Å². The molecule has 4 rings (SSSR count). The summed E-state index contributed by atoms with van der Waals surface area (Å²) in [6, 6.07) is 17.8. The third kappa shape index (κ3) is 4.92. The number of nitrogens with zero attached hydrogens (tertiary/aromatic N) is 2. The highest BCUT2D eigenvalue weighted by Crippen LogP contribution is 2.33. The number of thiazole rings is 1. The topological polar surface area (TPSA) is 49.4 Å². The number of rotatable bonds is 7. The molecule has 0 aliphatic carbocycles. The van der Waals surface area contributed by atoms with E-state index in [9.17, 15) is 0 Å². The predicted octanol–water partition coefficient (Wildman–Crippen LogP) is 5.12. The number of aromatic nitrogens is 1. The van der Waals surface area contributed by atoms with Gasteiger partial charge < -0.3 is 20.3 Å². The maximum atomic E-state index is 5.67. The molecule has 2 heterocycles. The minimum absolute atomic E-state index is 0.327. The Kier molecular flexibility index (Phi) is 6.90. The largest absolute Gasteiger partial charge is 0.496 e. The van der Waals surface area contributed by atoms with Crippen molar-refractivity contribution in [3.63, 3.8) is 0 Å². The zero-order valence-corrected chi connectivity index (χ0v) is 19.6. The molecule has 5 nitrogen and oxygen atoms in total. The zero-order chi connectivity index (χ0) is 21.8. The highest BCUT2D eigenvalue weighted by molar-refractivity contribution is 7.15. The summed E-state index contributed by atoms with van der Waals surface area (Å²) in [5.74, 6) is 0.913. The van der Waals surface area contributed by atoms with Crippen molar-refractivity contribution >= 4 is 22.2 Å². The van der Waals surface area contributed by atoms with E-state index in [4.69, 9.17) is 9.72 Å². The first-order valence-electron chi connectivity index (χ1n) is 10.9. The van der Waals surface area contributed by atoms with Gasteiger partial charge in [0.05, 0.1) is 12.8 Å². The summed E-state index contributed by atoms with van der Waals surface area (Å²) in [7, 11) is 3.82. The first-order valence-corrected chi connectivity index (χ1v) is 11.7. The quantitative estimate of drug-likeness (QED) is 0.538. The van der Waals surface area contributed by atoms with Crippen LogP contribution in [0.1, 0.15) is 40.6 Å². The van der Waals surface area contributed by atoms with E-state index in [1.807, 2.05) is 0 Å². The number of piperidine rings is 1. The van der Waals surface area contributed by atoms with Gasteiger partial charge in [-0.25, -0.2) is 4.98 Å². The Bertz CT molecular complexity index is 985. The van der Waals surface area contributed by atoms with Gasteiger partial charge in [0.1, 0.15) is 5.75 Å². The first kappa shape index (κ1) is 21.8. The maximum absolute atomic E-state index is 5.67. The lowest BCUT2D eigenvalue weighted by Gasteiger charge is -2.34. The Balaban J connectivity index is 1.52. The normalized spacial score (nSPS) is 18.7. The minimum atomic E-state index is 0.327. The van der Waals surface area contributed by atoms with Crippen LogP contribution in [0.5, 0.6) is 5.75 Å². The summed E-state index contributed by atoms with van der Waals surface area (Å²) in [6.45, 7) is 6.01. The minimum Gasteiger partial charge on any atom is -0.496 e. The number of aryl methyl sites for hydroxylation is 2. The highest BCUT2D eigenvalue weighted by Gasteiger charge is 2.26.